The van der Waals surface area contributed by atoms with Crippen LogP contribution in [0.3, 0.4) is 0 Å². The minimum absolute atomic E-state index is 0.657. The molecule has 0 atom stereocenters. The van der Waals surface area contributed by atoms with Crippen LogP contribution in [0.15, 0.2) is 16.9 Å². The van der Waals surface area contributed by atoms with Gasteiger partial charge in [0.2, 0.25) is 0 Å². The lowest BCUT2D eigenvalue weighted by atomic mass is 10.4. The molecule has 2 nitrogen and oxygen atoms in total. The molecular weight excluding hydrogens is 102 g/mol. The minimum atomic E-state index is 0.657. The Morgan fingerprint density at radius 3 is 3.00 bits per heavy atom. The molecule has 1 aliphatic carbocycles. The summed E-state index contributed by atoms with van der Waals surface area (Å²) in [6, 6.07) is 0. The molecule has 0 bridgehead atoms. The van der Waals surface area contributed by atoms with Gasteiger partial charge in [0.1, 0.15) is 6.26 Å². The first kappa shape index (κ1) is 4.13. The second-order valence-corrected chi connectivity index (χ2v) is 2.14. The van der Waals surface area contributed by atoms with Gasteiger partial charge in [-0.2, -0.15) is 0 Å². The summed E-state index contributed by atoms with van der Waals surface area (Å²) in [6.07, 6.45) is 5.86. The van der Waals surface area contributed by atoms with Crippen molar-refractivity contribution in [1.29, 1.82) is 0 Å². The molecule has 2 rings (SSSR count). The largest absolute Gasteiger partial charge is 0.449 e. The summed E-state index contributed by atoms with van der Waals surface area (Å²) in [5.74, 6) is 1.58. The van der Waals surface area contributed by atoms with E-state index >= 15 is 0 Å². The van der Waals surface area contributed by atoms with E-state index in [9.17, 15) is 0 Å². The Bertz CT molecular complexity index is 165. The lowest BCUT2D eigenvalue weighted by Crippen LogP contribution is -1.73. The van der Waals surface area contributed by atoms with E-state index in [0.29, 0.717) is 5.92 Å². The van der Waals surface area contributed by atoms with Gasteiger partial charge in [-0.25, -0.2) is 4.98 Å². The number of aromatic nitrogens is 1. The number of hydrogen-bond donors (Lipinski definition) is 0. The second kappa shape index (κ2) is 1.34. The maximum Gasteiger partial charge on any atom is 0.197 e. The van der Waals surface area contributed by atoms with Gasteiger partial charge in [-0.3, -0.25) is 0 Å². The molecular formula is C6H7NO. The first-order valence-corrected chi connectivity index (χ1v) is 2.86. The van der Waals surface area contributed by atoms with Crippen molar-refractivity contribution in [2.75, 3.05) is 0 Å². The van der Waals surface area contributed by atoms with E-state index in [1.807, 2.05) is 0 Å². The van der Waals surface area contributed by atoms with Crippen LogP contribution in [0.5, 0.6) is 0 Å². The highest BCUT2D eigenvalue weighted by Crippen LogP contribution is 2.38. The van der Waals surface area contributed by atoms with E-state index in [2.05, 4.69) is 4.98 Å². The number of hydrogen-bond acceptors (Lipinski definition) is 2. The summed E-state index contributed by atoms with van der Waals surface area (Å²) in [6.45, 7) is 0. The third kappa shape index (κ3) is 0.529. The van der Waals surface area contributed by atoms with Gasteiger partial charge >= 0.3 is 0 Å². The molecule has 1 aromatic heterocycles. The molecule has 2 heteroatoms. The molecule has 1 aromatic rings. The van der Waals surface area contributed by atoms with Gasteiger partial charge in [0.25, 0.3) is 0 Å². The molecule has 1 aliphatic rings. The predicted octanol–water partition coefficient (Wildman–Crippen LogP) is 1.55. The Labute approximate surface area is 47.5 Å². The quantitative estimate of drug-likeness (QED) is 0.546. The zero-order chi connectivity index (χ0) is 5.40. The van der Waals surface area contributed by atoms with Gasteiger partial charge in [0.05, 0.1) is 6.20 Å². The van der Waals surface area contributed by atoms with Crippen molar-refractivity contribution < 1.29 is 4.42 Å². The molecule has 1 heterocycles. The maximum atomic E-state index is 5.05. The fourth-order valence-corrected chi connectivity index (χ4v) is 0.766. The number of oxazole rings is 1. The SMILES string of the molecule is c1coc(C2CC2)n1. The lowest BCUT2D eigenvalue weighted by molar-refractivity contribution is 0.497. The van der Waals surface area contributed by atoms with Crippen LogP contribution in [0.1, 0.15) is 24.7 Å². The summed E-state index contributed by atoms with van der Waals surface area (Å²) in [5.41, 5.74) is 0. The zero-order valence-corrected chi connectivity index (χ0v) is 4.50. The van der Waals surface area contributed by atoms with Crippen molar-refractivity contribution in [1.82, 2.24) is 4.98 Å². The second-order valence-electron chi connectivity index (χ2n) is 2.14. The molecule has 0 radical (unpaired) electrons. The van der Waals surface area contributed by atoms with Crippen molar-refractivity contribution in [2.24, 2.45) is 0 Å². The first-order chi connectivity index (χ1) is 3.97. The van der Waals surface area contributed by atoms with Crippen LogP contribution in [0, 0.1) is 0 Å². The summed E-state index contributed by atoms with van der Waals surface area (Å²) in [4.78, 5) is 4.01. The monoisotopic (exact) mass is 109 g/mol. The Balaban J connectivity index is 2.28. The molecule has 0 N–H and O–H groups in total. The van der Waals surface area contributed by atoms with Crippen LogP contribution in [0.2, 0.25) is 0 Å². The Morgan fingerprint density at radius 1 is 1.62 bits per heavy atom. The third-order valence-corrected chi connectivity index (χ3v) is 1.38. The van der Waals surface area contributed by atoms with Crippen molar-refractivity contribution in [3.05, 3.63) is 18.4 Å². The number of rotatable bonds is 1. The van der Waals surface area contributed by atoms with Gasteiger partial charge in [-0.05, 0) is 12.8 Å². The minimum Gasteiger partial charge on any atom is -0.449 e. The van der Waals surface area contributed by atoms with Gasteiger partial charge in [0.15, 0.2) is 5.89 Å². The van der Waals surface area contributed by atoms with E-state index in [1.54, 1.807) is 12.5 Å². The molecule has 0 amide bonds. The Morgan fingerprint density at radius 2 is 2.50 bits per heavy atom. The van der Waals surface area contributed by atoms with Crippen LogP contribution in [-0.2, 0) is 0 Å². The van der Waals surface area contributed by atoms with Crippen molar-refractivity contribution in [3.63, 3.8) is 0 Å². The van der Waals surface area contributed by atoms with Crippen LogP contribution in [0.4, 0.5) is 0 Å². The molecule has 0 spiro atoms. The molecule has 8 heavy (non-hydrogen) atoms. The standard InChI is InChI=1S/C6H7NO/c1-2-5(1)6-7-3-4-8-6/h3-5H,1-2H2. The van der Waals surface area contributed by atoms with Gasteiger partial charge in [-0.15, -0.1) is 0 Å². The highest BCUT2D eigenvalue weighted by Gasteiger charge is 2.27. The van der Waals surface area contributed by atoms with Crippen LogP contribution < -0.4 is 0 Å². The molecule has 0 aromatic carbocycles. The predicted molar refractivity (Wildman–Crippen MR) is 28.5 cm³/mol. The zero-order valence-electron chi connectivity index (χ0n) is 4.50. The van der Waals surface area contributed by atoms with Gasteiger partial charge in [-0.1, -0.05) is 0 Å². The van der Waals surface area contributed by atoms with E-state index in [-0.39, 0.29) is 0 Å². The van der Waals surface area contributed by atoms with E-state index in [1.165, 1.54) is 12.8 Å². The maximum absolute atomic E-state index is 5.05. The van der Waals surface area contributed by atoms with Crippen molar-refractivity contribution in [2.45, 2.75) is 18.8 Å². The summed E-state index contributed by atoms with van der Waals surface area (Å²) < 4.78 is 5.05. The van der Waals surface area contributed by atoms with Crippen molar-refractivity contribution in [3.8, 4) is 0 Å². The average Bonchev–Trinajstić information content (AvgIpc) is 2.49. The Hall–Kier alpha value is -0.790. The van der Waals surface area contributed by atoms with E-state index in [4.69, 9.17) is 4.42 Å². The number of nitrogens with zero attached hydrogens (tertiary/aromatic N) is 1. The topological polar surface area (TPSA) is 26.0 Å². The summed E-state index contributed by atoms with van der Waals surface area (Å²) in [5, 5.41) is 0. The normalized spacial score (nSPS) is 19.0. The van der Waals surface area contributed by atoms with E-state index < -0.39 is 0 Å². The van der Waals surface area contributed by atoms with Crippen LogP contribution in [-0.4, -0.2) is 4.98 Å². The molecule has 0 aliphatic heterocycles. The first-order valence-electron chi connectivity index (χ1n) is 2.86. The van der Waals surface area contributed by atoms with Gasteiger partial charge < -0.3 is 4.42 Å². The highest BCUT2D eigenvalue weighted by atomic mass is 16.3. The van der Waals surface area contributed by atoms with Crippen LogP contribution >= 0.6 is 0 Å². The summed E-state index contributed by atoms with van der Waals surface area (Å²) in [7, 11) is 0. The van der Waals surface area contributed by atoms with Crippen molar-refractivity contribution >= 4 is 0 Å². The van der Waals surface area contributed by atoms with Gasteiger partial charge in [0, 0.05) is 5.92 Å². The lowest BCUT2D eigenvalue weighted by Gasteiger charge is -1.80. The highest BCUT2D eigenvalue weighted by molar-refractivity contribution is 5.00. The molecule has 1 saturated carbocycles. The fraction of sp³-hybridized carbons (Fsp3) is 0.500. The molecule has 42 valence electrons. The Kier molecular flexibility index (Phi) is 0.692. The summed E-state index contributed by atoms with van der Waals surface area (Å²) >= 11 is 0. The molecule has 0 saturated heterocycles. The molecule has 0 unspecified atom stereocenters. The smallest absolute Gasteiger partial charge is 0.197 e. The average molecular weight is 109 g/mol. The van der Waals surface area contributed by atoms with E-state index in [0.717, 1.165) is 5.89 Å². The molecule has 1 fully saturated rings. The van der Waals surface area contributed by atoms with Crippen LogP contribution in [0.25, 0.3) is 0 Å². The third-order valence-electron chi connectivity index (χ3n) is 1.38. The fourth-order valence-electron chi connectivity index (χ4n) is 0.766.